The first-order valence-corrected chi connectivity index (χ1v) is 6.79. The molecular formula is C18H14O2. The largest absolute Gasteiger partial charge is 0.468 e. The van der Waals surface area contributed by atoms with Crippen LogP contribution in [0.4, 0.5) is 0 Å². The fourth-order valence-electron chi connectivity index (χ4n) is 2.81. The summed E-state index contributed by atoms with van der Waals surface area (Å²) < 4.78 is 11.0. The number of allylic oxidation sites excluding steroid dienone is 8. The molecule has 2 heterocycles. The van der Waals surface area contributed by atoms with Gasteiger partial charge in [0.15, 0.2) is 0 Å². The van der Waals surface area contributed by atoms with Crippen molar-refractivity contribution in [3.05, 3.63) is 89.8 Å². The summed E-state index contributed by atoms with van der Waals surface area (Å²) in [5, 5.41) is 0. The summed E-state index contributed by atoms with van der Waals surface area (Å²) in [6.07, 6.45) is 15.3. The minimum atomic E-state index is 0.242. The summed E-state index contributed by atoms with van der Waals surface area (Å²) in [4.78, 5) is 0. The average molecular weight is 262 g/mol. The smallest absolute Gasteiger partial charge is 0.134 e. The van der Waals surface area contributed by atoms with Crippen molar-refractivity contribution in [2.75, 3.05) is 0 Å². The topological polar surface area (TPSA) is 26.3 Å². The lowest BCUT2D eigenvalue weighted by molar-refractivity contribution is 0.510. The minimum absolute atomic E-state index is 0.242. The number of hydrogen-bond acceptors (Lipinski definition) is 2. The van der Waals surface area contributed by atoms with Crippen LogP contribution in [0.2, 0.25) is 0 Å². The lowest BCUT2D eigenvalue weighted by atomic mass is 10.00. The molecule has 2 aromatic rings. The molecule has 0 radical (unpaired) electrons. The molecule has 0 amide bonds. The Bertz CT molecular complexity index is 722. The molecule has 2 nitrogen and oxygen atoms in total. The summed E-state index contributed by atoms with van der Waals surface area (Å²) in [7, 11) is 0. The lowest BCUT2D eigenvalue weighted by Gasteiger charge is -2.05. The van der Waals surface area contributed by atoms with E-state index in [0.717, 1.165) is 17.9 Å². The molecule has 0 saturated carbocycles. The molecule has 98 valence electrons. The van der Waals surface area contributed by atoms with Crippen LogP contribution in [0, 0.1) is 0 Å². The Hall–Kier alpha value is -2.48. The summed E-state index contributed by atoms with van der Waals surface area (Å²) >= 11 is 0. The van der Waals surface area contributed by atoms with E-state index in [1.54, 1.807) is 12.5 Å². The van der Waals surface area contributed by atoms with E-state index in [1.165, 1.54) is 16.7 Å². The van der Waals surface area contributed by atoms with Gasteiger partial charge < -0.3 is 8.83 Å². The average Bonchev–Trinajstić information content (AvgIpc) is 3.23. The number of furan rings is 2. The normalized spacial score (nSPS) is 21.0. The first kappa shape index (κ1) is 11.4. The van der Waals surface area contributed by atoms with Crippen LogP contribution in [0.25, 0.3) is 5.57 Å². The second kappa shape index (κ2) is 4.57. The monoisotopic (exact) mass is 262 g/mol. The Kier molecular flexibility index (Phi) is 2.59. The molecule has 0 spiro atoms. The molecular weight excluding hydrogens is 248 g/mol. The number of rotatable bonds is 3. The molecule has 20 heavy (non-hydrogen) atoms. The van der Waals surface area contributed by atoms with Gasteiger partial charge in [-0.15, -0.1) is 0 Å². The van der Waals surface area contributed by atoms with Gasteiger partial charge >= 0.3 is 0 Å². The highest BCUT2D eigenvalue weighted by molar-refractivity contribution is 5.81. The van der Waals surface area contributed by atoms with E-state index in [1.807, 2.05) is 24.3 Å². The fraction of sp³-hybridized carbons (Fsp3) is 0.111. The van der Waals surface area contributed by atoms with Gasteiger partial charge in [-0.05, 0) is 41.8 Å². The van der Waals surface area contributed by atoms with Crippen LogP contribution < -0.4 is 0 Å². The highest BCUT2D eigenvalue weighted by Gasteiger charge is 2.20. The van der Waals surface area contributed by atoms with Crippen molar-refractivity contribution in [3.8, 4) is 0 Å². The summed E-state index contributed by atoms with van der Waals surface area (Å²) in [6.45, 7) is 0. The van der Waals surface area contributed by atoms with Gasteiger partial charge in [0.2, 0.25) is 0 Å². The van der Waals surface area contributed by atoms with Gasteiger partial charge in [-0.3, -0.25) is 0 Å². The third-order valence-electron chi connectivity index (χ3n) is 3.78. The van der Waals surface area contributed by atoms with Crippen LogP contribution in [-0.4, -0.2) is 0 Å². The first-order valence-electron chi connectivity index (χ1n) is 6.79. The highest BCUT2D eigenvalue weighted by Crippen LogP contribution is 2.38. The van der Waals surface area contributed by atoms with E-state index >= 15 is 0 Å². The van der Waals surface area contributed by atoms with E-state index in [9.17, 15) is 0 Å². The molecule has 2 heteroatoms. The van der Waals surface area contributed by atoms with E-state index in [4.69, 9.17) is 8.83 Å². The van der Waals surface area contributed by atoms with Crippen LogP contribution in [-0.2, 0) is 0 Å². The van der Waals surface area contributed by atoms with Gasteiger partial charge in [0.25, 0.3) is 0 Å². The Morgan fingerprint density at radius 2 is 1.90 bits per heavy atom. The molecule has 0 aromatic carbocycles. The molecule has 2 aromatic heterocycles. The van der Waals surface area contributed by atoms with Crippen molar-refractivity contribution in [3.63, 3.8) is 0 Å². The molecule has 1 atom stereocenters. The molecule has 2 aliphatic rings. The molecule has 4 rings (SSSR count). The molecule has 0 fully saturated rings. The lowest BCUT2D eigenvalue weighted by Crippen LogP contribution is -1.88. The van der Waals surface area contributed by atoms with Gasteiger partial charge in [-0.2, -0.15) is 0 Å². The van der Waals surface area contributed by atoms with E-state index in [-0.39, 0.29) is 5.92 Å². The Morgan fingerprint density at radius 3 is 2.70 bits per heavy atom. The third kappa shape index (κ3) is 1.81. The second-order valence-corrected chi connectivity index (χ2v) is 5.00. The van der Waals surface area contributed by atoms with Crippen molar-refractivity contribution >= 4 is 5.57 Å². The van der Waals surface area contributed by atoms with Gasteiger partial charge in [0, 0.05) is 5.57 Å². The summed E-state index contributed by atoms with van der Waals surface area (Å²) in [5.41, 5.74) is 3.78. The predicted molar refractivity (Wildman–Crippen MR) is 78.1 cm³/mol. The molecule has 0 saturated heterocycles. The number of hydrogen-bond donors (Lipinski definition) is 0. The van der Waals surface area contributed by atoms with Crippen molar-refractivity contribution < 1.29 is 8.83 Å². The minimum Gasteiger partial charge on any atom is -0.468 e. The Labute approximate surface area is 117 Å². The summed E-state index contributed by atoms with van der Waals surface area (Å²) in [6, 6.07) is 7.88. The van der Waals surface area contributed by atoms with Crippen LogP contribution in [0.5, 0.6) is 0 Å². The summed E-state index contributed by atoms with van der Waals surface area (Å²) in [5.74, 6) is 2.16. The van der Waals surface area contributed by atoms with Crippen LogP contribution >= 0.6 is 0 Å². The van der Waals surface area contributed by atoms with E-state index in [0.29, 0.717) is 0 Å². The first-order chi connectivity index (χ1) is 9.92. The van der Waals surface area contributed by atoms with Crippen molar-refractivity contribution in [1.29, 1.82) is 0 Å². The Morgan fingerprint density at radius 1 is 1.00 bits per heavy atom. The maximum atomic E-state index is 5.53. The van der Waals surface area contributed by atoms with Crippen LogP contribution in [0.1, 0.15) is 23.9 Å². The second-order valence-electron chi connectivity index (χ2n) is 5.00. The molecule has 1 unspecified atom stereocenters. The van der Waals surface area contributed by atoms with Crippen molar-refractivity contribution in [2.45, 2.75) is 12.3 Å². The molecule has 0 bridgehead atoms. The van der Waals surface area contributed by atoms with Crippen LogP contribution in [0.15, 0.2) is 87.2 Å². The van der Waals surface area contributed by atoms with E-state index < -0.39 is 0 Å². The van der Waals surface area contributed by atoms with Gasteiger partial charge in [0.05, 0.1) is 18.4 Å². The van der Waals surface area contributed by atoms with Crippen molar-refractivity contribution in [2.24, 2.45) is 0 Å². The maximum Gasteiger partial charge on any atom is 0.134 e. The standard InChI is InChI=1S/C18H14O2/c1-4-15(16(5-1)18-7-3-11-20-18)13-8-9-14(12-13)17-6-2-10-19-17/h1-3,5-12,14H,4H2. The highest BCUT2D eigenvalue weighted by atomic mass is 16.3. The quantitative estimate of drug-likeness (QED) is 0.789. The molecule has 0 aliphatic heterocycles. The van der Waals surface area contributed by atoms with Gasteiger partial charge in [-0.25, -0.2) is 0 Å². The van der Waals surface area contributed by atoms with Gasteiger partial charge in [-0.1, -0.05) is 30.4 Å². The zero-order valence-electron chi connectivity index (χ0n) is 11.0. The molecule has 2 aliphatic carbocycles. The van der Waals surface area contributed by atoms with Gasteiger partial charge in [0.1, 0.15) is 11.5 Å². The van der Waals surface area contributed by atoms with Crippen molar-refractivity contribution in [1.82, 2.24) is 0 Å². The Balaban J connectivity index is 1.70. The zero-order valence-corrected chi connectivity index (χ0v) is 11.0. The predicted octanol–water partition coefficient (Wildman–Crippen LogP) is 4.87. The zero-order chi connectivity index (χ0) is 13.4. The third-order valence-corrected chi connectivity index (χ3v) is 3.78. The van der Waals surface area contributed by atoms with Crippen LogP contribution in [0.3, 0.4) is 0 Å². The van der Waals surface area contributed by atoms with E-state index in [2.05, 4.69) is 30.4 Å². The molecule has 0 N–H and O–H groups in total. The maximum absolute atomic E-state index is 5.53. The SMILES string of the molecule is C1=CC(c2ccco2)=C(C2=CC(c3ccco3)C=C2)C1. The fourth-order valence-corrected chi connectivity index (χ4v) is 2.81.